The Kier molecular flexibility index (Phi) is 6.20. The first-order chi connectivity index (χ1) is 17.0. The molecule has 1 radical (unpaired) electrons. The number of rotatable bonds is 7. The van der Waals surface area contributed by atoms with Gasteiger partial charge in [-0.25, -0.2) is 4.98 Å². The van der Waals surface area contributed by atoms with Crippen molar-refractivity contribution in [3.8, 4) is 22.4 Å². The van der Waals surface area contributed by atoms with E-state index >= 15 is 0 Å². The van der Waals surface area contributed by atoms with Crippen molar-refractivity contribution in [3.05, 3.63) is 78.9 Å². The lowest BCUT2D eigenvalue weighted by atomic mass is 9.74. The molecule has 10 heteroatoms. The highest BCUT2D eigenvalue weighted by atomic mass is 32.2. The van der Waals surface area contributed by atoms with Crippen molar-refractivity contribution < 1.29 is 9.90 Å². The molecule has 0 fully saturated rings. The predicted molar refractivity (Wildman–Crippen MR) is 137 cm³/mol. The zero-order chi connectivity index (χ0) is 24.4. The second kappa shape index (κ2) is 9.59. The lowest BCUT2D eigenvalue weighted by Crippen LogP contribution is -2.24. The second-order valence-corrected chi connectivity index (χ2v) is 8.85. The maximum atomic E-state index is 11.0. The molecule has 0 saturated heterocycles. The van der Waals surface area contributed by atoms with Crippen LogP contribution >= 0.6 is 11.8 Å². The van der Waals surface area contributed by atoms with E-state index in [1.807, 2.05) is 62.6 Å². The Morgan fingerprint density at radius 3 is 2.57 bits per heavy atom. The second-order valence-electron chi connectivity index (χ2n) is 7.79. The molecule has 0 aliphatic heterocycles. The zero-order valence-electron chi connectivity index (χ0n) is 18.8. The lowest BCUT2D eigenvalue weighted by molar-refractivity contribution is -0.136. The van der Waals surface area contributed by atoms with Gasteiger partial charge in [0.25, 0.3) is 0 Å². The minimum Gasteiger partial charge on any atom is -0.481 e. The Morgan fingerprint density at radius 2 is 1.91 bits per heavy atom. The smallest absolute Gasteiger partial charge is 0.307 e. The molecule has 4 heterocycles. The number of anilines is 1. The van der Waals surface area contributed by atoms with E-state index in [-0.39, 0.29) is 6.42 Å². The first-order valence-corrected chi connectivity index (χ1v) is 11.7. The van der Waals surface area contributed by atoms with E-state index in [0.29, 0.717) is 11.5 Å². The maximum Gasteiger partial charge on any atom is 0.307 e. The lowest BCUT2D eigenvalue weighted by Gasteiger charge is -2.12. The molecule has 171 valence electrons. The molecule has 0 amide bonds. The summed E-state index contributed by atoms with van der Waals surface area (Å²) < 4.78 is 1.64. The summed E-state index contributed by atoms with van der Waals surface area (Å²) >= 11 is 1.47. The number of nitrogens with zero attached hydrogens (tertiary/aromatic N) is 5. The molecule has 1 aromatic carbocycles. The van der Waals surface area contributed by atoms with E-state index < -0.39 is 5.97 Å². The van der Waals surface area contributed by atoms with Gasteiger partial charge < -0.3 is 10.8 Å². The van der Waals surface area contributed by atoms with Crippen LogP contribution in [0.3, 0.4) is 0 Å². The fourth-order valence-corrected chi connectivity index (χ4v) is 4.72. The van der Waals surface area contributed by atoms with Crippen LogP contribution < -0.4 is 11.2 Å². The molecule has 0 atom stereocenters. The molecule has 4 aromatic heterocycles. The van der Waals surface area contributed by atoms with Gasteiger partial charge in [-0.15, -0.1) is 0 Å². The number of nitrogens with two attached hydrogens (primary N) is 1. The topological polar surface area (TPSA) is 119 Å². The highest BCUT2D eigenvalue weighted by Crippen LogP contribution is 2.30. The summed E-state index contributed by atoms with van der Waals surface area (Å²) in [6.07, 6.45) is 7.04. The summed E-state index contributed by atoms with van der Waals surface area (Å²) in [5.74, 6) is -0.363. The third-order valence-electron chi connectivity index (χ3n) is 5.50. The standard InChI is InChI=1S/C25H20BN6O2S/c1-26-22-23(27)32-24(31-25(22)35-18-7-4-15(5-8-18)11-21(33)34)19(14-30-32)16-6-9-20(29-13-16)17-3-2-10-28-12-17/h2-10,12-14H,11,27H2,1H3,(H,33,34). The molecule has 0 unspecified atom stereocenters. The highest BCUT2D eigenvalue weighted by molar-refractivity contribution is 7.99. The van der Waals surface area contributed by atoms with Crippen molar-refractivity contribution in [3.63, 3.8) is 0 Å². The van der Waals surface area contributed by atoms with Gasteiger partial charge in [-0.2, -0.15) is 9.61 Å². The van der Waals surface area contributed by atoms with Crippen molar-refractivity contribution in [2.24, 2.45) is 0 Å². The predicted octanol–water partition coefficient (Wildman–Crippen LogP) is 3.59. The summed E-state index contributed by atoms with van der Waals surface area (Å²) in [4.78, 5) is 25.5. The molecule has 5 rings (SSSR count). The zero-order valence-corrected chi connectivity index (χ0v) is 19.6. The van der Waals surface area contributed by atoms with E-state index in [0.717, 1.165) is 43.3 Å². The number of carboxylic acids is 1. The SMILES string of the molecule is C[B]c1c(Sc2ccc(CC(=O)O)cc2)nc2c(-c3ccc(-c4cccnc4)nc3)cnn2c1N. The average molecular weight is 479 g/mol. The molecule has 8 nitrogen and oxygen atoms in total. The van der Waals surface area contributed by atoms with Crippen LogP contribution in [0.5, 0.6) is 0 Å². The van der Waals surface area contributed by atoms with E-state index in [1.165, 1.54) is 11.8 Å². The number of fused-ring (bicyclic) bond motifs is 1. The Bertz CT molecular complexity index is 1510. The first-order valence-electron chi connectivity index (χ1n) is 10.9. The molecule has 0 aliphatic rings. The van der Waals surface area contributed by atoms with Crippen molar-refractivity contribution in [1.82, 2.24) is 24.6 Å². The third-order valence-corrected chi connectivity index (χ3v) is 6.51. The van der Waals surface area contributed by atoms with Crippen molar-refractivity contribution in [1.29, 1.82) is 0 Å². The molecular formula is C25H20BN6O2S. The van der Waals surface area contributed by atoms with Gasteiger partial charge in [-0.05, 0) is 41.4 Å². The molecule has 35 heavy (non-hydrogen) atoms. The van der Waals surface area contributed by atoms with Crippen molar-refractivity contribution in [2.45, 2.75) is 23.2 Å². The number of pyridine rings is 2. The molecule has 0 saturated carbocycles. The average Bonchev–Trinajstić information content (AvgIpc) is 3.30. The van der Waals surface area contributed by atoms with Gasteiger partial charge >= 0.3 is 5.97 Å². The molecule has 0 bridgehead atoms. The highest BCUT2D eigenvalue weighted by Gasteiger charge is 2.18. The van der Waals surface area contributed by atoms with Crippen LogP contribution in [0.4, 0.5) is 5.82 Å². The normalized spacial score (nSPS) is 11.0. The quantitative estimate of drug-likeness (QED) is 0.269. The van der Waals surface area contributed by atoms with E-state index in [4.69, 9.17) is 15.8 Å². The number of hydrogen-bond donors (Lipinski definition) is 2. The molecule has 3 N–H and O–H groups in total. The van der Waals surface area contributed by atoms with Gasteiger partial charge in [0.15, 0.2) is 12.9 Å². The van der Waals surface area contributed by atoms with E-state index in [1.54, 1.807) is 29.3 Å². The Balaban J connectivity index is 1.51. The Labute approximate surface area is 206 Å². The van der Waals surface area contributed by atoms with Gasteiger partial charge in [0.2, 0.25) is 0 Å². The number of hydrogen-bond acceptors (Lipinski definition) is 7. The van der Waals surface area contributed by atoms with Crippen LogP contribution in [-0.2, 0) is 11.2 Å². The fraction of sp³-hybridized carbons (Fsp3) is 0.0800. The Morgan fingerprint density at radius 1 is 1.09 bits per heavy atom. The van der Waals surface area contributed by atoms with Gasteiger partial charge in [0, 0.05) is 40.2 Å². The van der Waals surface area contributed by atoms with Crippen LogP contribution in [0.1, 0.15) is 5.56 Å². The number of carboxylic acid groups (broad SMARTS) is 1. The molecule has 5 aromatic rings. The van der Waals surface area contributed by atoms with Crippen LogP contribution in [0.2, 0.25) is 6.82 Å². The van der Waals surface area contributed by atoms with Gasteiger partial charge in [-0.1, -0.05) is 36.8 Å². The van der Waals surface area contributed by atoms with Gasteiger partial charge in [0.05, 0.1) is 18.3 Å². The summed E-state index contributed by atoms with van der Waals surface area (Å²) in [5, 5.41) is 14.2. The molecular weight excluding hydrogens is 459 g/mol. The summed E-state index contributed by atoms with van der Waals surface area (Å²) in [6.45, 7) is 1.91. The van der Waals surface area contributed by atoms with Crippen LogP contribution in [0.25, 0.3) is 28.0 Å². The Hall–Kier alpha value is -4.18. The number of carbonyl (C=O) groups is 1. The van der Waals surface area contributed by atoms with E-state index in [2.05, 4.69) is 15.1 Å². The summed E-state index contributed by atoms with van der Waals surface area (Å²) in [5.41, 5.74) is 12.1. The van der Waals surface area contributed by atoms with Gasteiger partial charge in [-0.3, -0.25) is 14.8 Å². The largest absolute Gasteiger partial charge is 0.481 e. The van der Waals surface area contributed by atoms with Crippen molar-refractivity contribution in [2.75, 3.05) is 5.73 Å². The minimum absolute atomic E-state index is 0.0110. The minimum atomic E-state index is -0.857. The number of aromatic nitrogens is 5. The van der Waals surface area contributed by atoms with Crippen LogP contribution in [0, 0.1) is 0 Å². The molecule has 0 aliphatic carbocycles. The first kappa shape index (κ1) is 22.6. The molecule has 0 spiro atoms. The fourth-order valence-electron chi connectivity index (χ4n) is 3.76. The number of nitrogen functional groups attached to an aromatic ring is 1. The van der Waals surface area contributed by atoms with Gasteiger partial charge in [0.1, 0.15) is 10.8 Å². The maximum absolute atomic E-state index is 11.0. The monoisotopic (exact) mass is 479 g/mol. The van der Waals surface area contributed by atoms with E-state index in [9.17, 15) is 4.79 Å². The number of aliphatic carboxylic acids is 1. The third kappa shape index (κ3) is 4.60. The van der Waals surface area contributed by atoms with Crippen LogP contribution in [-0.4, -0.2) is 42.9 Å². The van der Waals surface area contributed by atoms with Crippen molar-refractivity contribution >= 4 is 41.9 Å². The van der Waals surface area contributed by atoms with Crippen LogP contribution in [0.15, 0.2) is 83.2 Å². The summed E-state index contributed by atoms with van der Waals surface area (Å²) in [7, 11) is 1.91. The summed E-state index contributed by atoms with van der Waals surface area (Å²) in [6, 6.07) is 15.2. The number of benzene rings is 1.